The van der Waals surface area contributed by atoms with Crippen LogP contribution in [0.5, 0.6) is 0 Å². The summed E-state index contributed by atoms with van der Waals surface area (Å²) in [5.74, 6) is -3.51. The summed E-state index contributed by atoms with van der Waals surface area (Å²) in [5.41, 5.74) is 3.55. The second-order valence-corrected chi connectivity index (χ2v) is 8.13. The molecule has 0 aromatic heterocycles. The van der Waals surface area contributed by atoms with Crippen molar-refractivity contribution in [3.05, 3.63) is 46.7 Å². The summed E-state index contributed by atoms with van der Waals surface area (Å²) >= 11 is 0. The molecule has 1 aliphatic carbocycles. The van der Waals surface area contributed by atoms with Crippen LogP contribution in [0.3, 0.4) is 0 Å². The number of aliphatic imine (C=N–C) groups is 1. The molecule has 1 heterocycles. The first-order valence-corrected chi connectivity index (χ1v) is 10.4. The molecular weight excluding hydrogens is 382 g/mol. The fourth-order valence-electron chi connectivity index (χ4n) is 4.65. The van der Waals surface area contributed by atoms with Gasteiger partial charge < -0.3 is 9.47 Å². The Balaban J connectivity index is 2.17. The number of Topliss-reactive ketones (excluding diaryl/α,β-unsaturated/α-hetero) is 1. The van der Waals surface area contributed by atoms with Gasteiger partial charge in [-0.05, 0) is 43.7 Å². The number of nitrogens with zero attached hydrogens (tertiary/aromatic N) is 1. The molecule has 0 unspecified atom stereocenters. The summed E-state index contributed by atoms with van der Waals surface area (Å²) < 4.78 is 10.4. The van der Waals surface area contributed by atoms with E-state index in [0.717, 1.165) is 16.8 Å². The van der Waals surface area contributed by atoms with E-state index in [2.05, 4.69) is 4.99 Å². The second-order valence-electron chi connectivity index (χ2n) is 8.13. The Hall–Kier alpha value is -2.76. The lowest BCUT2D eigenvalue weighted by atomic mass is 9.63. The molecule has 4 atom stereocenters. The molecule has 6 heteroatoms. The van der Waals surface area contributed by atoms with Crippen molar-refractivity contribution in [2.45, 2.75) is 46.5 Å². The van der Waals surface area contributed by atoms with Crippen LogP contribution in [-0.2, 0) is 23.9 Å². The van der Waals surface area contributed by atoms with Gasteiger partial charge in [0.15, 0.2) is 5.78 Å². The summed E-state index contributed by atoms with van der Waals surface area (Å²) in [6, 6.07) is 7.71. The highest BCUT2D eigenvalue weighted by atomic mass is 16.5. The number of methoxy groups -OCH3 is 1. The van der Waals surface area contributed by atoms with Crippen molar-refractivity contribution in [3.8, 4) is 0 Å². The van der Waals surface area contributed by atoms with Crippen molar-refractivity contribution in [3.63, 3.8) is 0 Å². The molecule has 0 amide bonds. The van der Waals surface area contributed by atoms with E-state index in [1.54, 1.807) is 6.92 Å². The van der Waals surface area contributed by atoms with Gasteiger partial charge in [0, 0.05) is 17.3 Å². The average molecular weight is 411 g/mol. The maximum absolute atomic E-state index is 13.6. The zero-order valence-corrected chi connectivity index (χ0v) is 18.2. The first kappa shape index (κ1) is 21.9. The van der Waals surface area contributed by atoms with Gasteiger partial charge >= 0.3 is 11.9 Å². The third-order valence-corrected chi connectivity index (χ3v) is 6.05. The van der Waals surface area contributed by atoms with Crippen molar-refractivity contribution < 1.29 is 23.9 Å². The standard InChI is InChI=1S/C24H29NO5/c1-6-11-30-24(28)19-15(4)25-17-12-14(3)18(23(27)29-5)22(26)21(17)20(19)16-10-8-7-9-13(16)2/h7-10,14,18,20-21H,6,11-12H2,1-5H3/t14-,18-,20-,21-/m1/s1. The lowest BCUT2D eigenvalue weighted by molar-refractivity contribution is -0.152. The van der Waals surface area contributed by atoms with E-state index in [4.69, 9.17) is 9.47 Å². The SMILES string of the molecule is CCCOC(=O)C1=C(C)N=C2C[C@@H](C)[C@@H](C(=O)OC)C(=O)[C@H]2[C@@H]1c1ccccc1C. The third kappa shape index (κ3) is 3.83. The highest BCUT2D eigenvalue weighted by Crippen LogP contribution is 2.46. The molecule has 0 radical (unpaired) electrons. The van der Waals surface area contributed by atoms with Gasteiger partial charge in [0.25, 0.3) is 0 Å². The fourth-order valence-corrected chi connectivity index (χ4v) is 4.65. The Morgan fingerprint density at radius 1 is 1.17 bits per heavy atom. The Morgan fingerprint density at radius 3 is 2.50 bits per heavy atom. The monoisotopic (exact) mass is 411 g/mol. The molecule has 1 saturated carbocycles. The van der Waals surface area contributed by atoms with Gasteiger partial charge in [-0.1, -0.05) is 38.1 Å². The predicted molar refractivity (Wildman–Crippen MR) is 113 cm³/mol. The molecule has 6 nitrogen and oxygen atoms in total. The van der Waals surface area contributed by atoms with Crippen LogP contribution in [0.2, 0.25) is 0 Å². The molecule has 160 valence electrons. The number of esters is 2. The lowest BCUT2D eigenvalue weighted by Crippen LogP contribution is -2.48. The van der Waals surface area contributed by atoms with E-state index in [-0.39, 0.29) is 11.7 Å². The van der Waals surface area contributed by atoms with E-state index in [1.807, 2.05) is 45.0 Å². The minimum atomic E-state index is -0.864. The van der Waals surface area contributed by atoms with Crippen molar-refractivity contribution in [2.75, 3.05) is 13.7 Å². The summed E-state index contributed by atoms with van der Waals surface area (Å²) in [7, 11) is 1.29. The molecule has 0 N–H and O–H groups in total. The molecule has 30 heavy (non-hydrogen) atoms. The van der Waals surface area contributed by atoms with Crippen molar-refractivity contribution in [2.24, 2.45) is 22.7 Å². The zero-order chi connectivity index (χ0) is 22.0. The van der Waals surface area contributed by atoms with Crippen molar-refractivity contribution in [1.82, 2.24) is 0 Å². The van der Waals surface area contributed by atoms with Gasteiger partial charge in [-0.2, -0.15) is 0 Å². The van der Waals surface area contributed by atoms with Gasteiger partial charge in [-0.15, -0.1) is 0 Å². The van der Waals surface area contributed by atoms with E-state index < -0.39 is 29.7 Å². The molecular formula is C24H29NO5. The topological polar surface area (TPSA) is 82.0 Å². The Morgan fingerprint density at radius 2 is 1.87 bits per heavy atom. The van der Waals surface area contributed by atoms with Crippen LogP contribution in [0.1, 0.15) is 50.7 Å². The minimum absolute atomic E-state index is 0.209. The number of fused-ring (bicyclic) bond motifs is 1. The zero-order valence-electron chi connectivity index (χ0n) is 18.2. The molecule has 1 aromatic carbocycles. The summed E-state index contributed by atoms with van der Waals surface area (Å²) in [6.45, 7) is 7.84. The maximum Gasteiger partial charge on any atom is 0.336 e. The number of ketones is 1. The van der Waals surface area contributed by atoms with Gasteiger partial charge in [0.05, 0.1) is 25.2 Å². The number of ether oxygens (including phenoxy) is 2. The van der Waals surface area contributed by atoms with Gasteiger partial charge in [-0.25, -0.2) is 4.79 Å². The van der Waals surface area contributed by atoms with Crippen LogP contribution >= 0.6 is 0 Å². The molecule has 1 fully saturated rings. The summed E-state index contributed by atoms with van der Waals surface area (Å²) in [4.78, 5) is 43.7. The van der Waals surface area contributed by atoms with Crippen LogP contribution in [0, 0.1) is 24.7 Å². The number of allylic oxidation sites excluding steroid dienone is 1. The largest absolute Gasteiger partial charge is 0.468 e. The van der Waals surface area contributed by atoms with E-state index in [1.165, 1.54) is 7.11 Å². The third-order valence-electron chi connectivity index (χ3n) is 6.05. The minimum Gasteiger partial charge on any atom is -0.468 e. The molecule has 0 bridgehead atoms. The van der Waals surface area contributed by atoms with E-state index in [9.17, 15) is 14.4 Å². The van der Waals surface area contributed by atoms with Gasteiger partial charge in [0.1, 0.15) is 5.92 Å². The lowest BCUT2D eigenvalue weighted by Gasteiger charge is -2.40. The quantitative estimate of drug-likeness (QED) is 0.544. The number of benzene rings is 1. The average Bonchev–Trinajstić information content (AvgIpc) is 2.71. The first-order chi connectivity index (χ1) is 14.3. The van der Waals surface area contributed by atoms with Gasteiger partial charge in [-0.3, -0.25) is 14.6 Å². The molecule has 3 rings (SSSR count). The van der Waals surface area contributed by atoms with Gasteiger partial charge in [0.2, 0.25) is 0 Å². The highest BCUT2D eigenvalue weighted by Gasteiger charge is 2.51. The molecule has 2 aliphatic rings. The Bertz CT molecular complexity index is 929. The number of aryl methyl sites for hydroxylation is 1. The normalized spacial score (nSPS) is 26.0. The molecule has 1 aliphatic heterocycles. The number of hydrogen-bond acceptors (Lipinski definition) is 6. The van der Waals surface area contributed by atoms with Crippen LogP contribution in [0.4, 0.5) is 0 Å². The molecule has 0 saturated heterocycles. The smallest absolute Gasteiger partial charge is 0.336 e. The predicted octanol–water partition coefficient (Wildman–Crippen LogP) is 3.77. The number of carbonyl (C=O) groups is 3. The molecule has 0 spiro atoms. The number of rotatable bonds is 5. The molecule has 1 aromatic rings. The van der Waals surface area contributed by atoms with Crippen molar-refractivity contribution >= 4 is 23.4 Å². The van der Waals surface area contributed by atoms with Crippen LogP contribution in [-0.4, -0.2) is 37.2 Å². The highest BCUT2D eigenvalue weighted by molar-refractivity contribution is 6.17. The second kappa shape index (κ2) is 8.94. The Labute approximate surface area is 177 Å². The van der Waals surface area contributed by atoms with E-state index in [0.29, 0.717) is 30.7 Å². The van der Waals surface area contributed by atoms with Crippen LogP contribution in [0.15, 0.2) is 40.5 Å². The maximum atomic E-state index is 13.6. The Kier molecular flexibility index (Phi) is 6.54. The van der Waals surface area contributed by atoms with Crippen molar-refractivity contribution in [1.29, 1.82) is 0 Å². The van der Waals surface area contributed by atoms with Crippen LogP contribution in [0.25, 0.3) is 0 Å². The summed E-state index contributed by atoms with van der Waals surface area (Å²) in [5, 5.41) is 0. The summed E-state index contributed by atoms with van der Waals surface area (Å²) in [6.07, 6.45) is 1.21. The van der Waals surface area contributed by atoms with E-state index >= 15 is 0 Å². The van der Waals surface area contributed by atoms with Crippen LogP contribution < -0.4 is 0 Å². The fraction of sp³-hybridized carbons (Fsp3) is 0.500. The number of carbonyl (C=O) groups excluding carboxylic acids is 3. The first-order valence-electron chi connectivity index (χ1n) is 10.4. The number of hydrogen-bond donors (Lipinski definition) is 0.